The van der Waals surface area contributed by atoms with Crippen molar-refractivity contribution >= 4 is 11.9 Å². The van der Waals surface area contributed by atoms with Crippen LogP contribution in [0.2, 0.25) is 0 Å². The molecule has 1 aromatic rings. The van der Waals surface area contributed by atoms with E-state index in [0.29, 0.717) is 24.2 Å². The molecule has 4 nitrogen and oxygen atoms in total. The summed E-state index contributed by atoms with van der Waals surface area (Å²) in [6.07, 6.45) is 13.5. The topological polar surface area (TPSA) is 52.6 Å². The maximum Gasteiger partial charge on any atom is 0.333 e. The molecule has 31 heavy (non-hydrogen) atoms. The average molecular weight is 431 g/mol. The van der Waals surface area contributed by atoms with Gasteiger partial charge >= 0.3 is 11.9 Å². The number of esters is 2. The minimum Gasteiger partial charge on any atom is -0.466 e. The van der Waals surface area contributed by atoms with Gasteiger partial charge in [0, 0.05) is 17.6 Å². The van der Waals surface area contributed by atoms with Gasteiger partial charge in [0.1, 0.15) is 0 Å². The monoisotopic (exact) mass is 430 g/mol. The molecule has 0 atom stereocenters. The Bertz CT molecular complexity index is 634. The van der Waals surface area contributed by atoms with Gasteiger partial charge in [0.05, 0.1) is 13.7 Å². The first-order valence-electron chi connectivity index (χ1n) is 11.5. The molecule has 0 aromatic heterocycles. The molecule has 0 fully saturated rings. The lowest BCUT2D eigenvalue weighted by molar-refractivity contribution is -0.139. The fourth-order valence-electron chi connectivity index (χ4n) is 2.94. The van der Waals surface area contributed by atoms with E-state index in [1.54, 1.807) is 6.92 Å². The second-order valence-corrected chi connectivity index (χ2v) is 7.86. The normalized spacial score (nSPS) is 9.90. The van der Waals surface area contributed by atoms with Crippen molar-refractivity contribution in [3.63, 3.8) is 0 Å². The summed E-state index contributed by atoms with van der Waals surface area (Å²) in [5, 5.41) is 0. The number of unbranched alkanes of at least 4 members (excludes halogenated alkanes) is 9. The lowest BCUT2D eigenvalue weighted by Gasteiger charge is -2.04. The Morgan fingerprint density at radius 3 is 1.81 bits per heavy atom. The quantitative estimate of drug-likeness (QED) is 0.171. The molecular formula is C27H42O4. The molecule has 0 heterocycles. The van der Waals surface area contributed by atoms with Crippen LogP contribution >= 0.6 is 0 Å². The van der Waals surface area contributed by atoms with Crippen LogP contribution in [0.25, 0.3) is 0 Å². The second kappa shape index (κ2) is 19.6. The van der Waals surface area contributed by atoms with Crippen LogP contribution in [0.1, 0.15) is 83.6 Å². The van der Waals surface area contributed by atoms with E-state index in [1.165, 1.54) is 64.9 Å². The fourth-order valence-corrected chi connectivity index (χ4v) is 2.94. The molecular weight excluding hydrogens is 388 g/mol. The molecule has 0 saturated heterocycles. The smallest absolute Gasteiger partial charge is 0.333 e. The molecule has 0 N–H and O–H groups in total. The number of hydrogen-bond donors (Lipinski definition) is 0. The van der Waals surface area contributed by atoms with Crippen LogP contribution in [0.3, 0.4) is 0 Å². The van der Waals surface area contributed by atoms with Crippen molar-refractivity contribution in [2.24, 2.45) is 0 Å². The highest BCUT2D eigenvalue weighted by Gasteiger charge is 2.06. The van der Waals surface area contributed by atoms with Gasteiger partial charge in [0.15, 0.2) is 0 Å². The summed E-state index contributed by atoms with van der Waals surface area (Å²) in [7, 11) is 1.36. The Morgan fingerprint density at radius 1 is 0.806 bits per heavy atom. The number of benzene rings is 1. The molecule has 0 radical (unpaired) electrons. The molecule has 1 aromatic carbocycles. The number of hydrogen-bond acceptors (Lipinski definition) is 4. The van der Waals surface area contributed by atoms with Crippen molar-refractivity contribution in [2.45, 2.75) is 84.5 Å². The fraction of sp³-hybridized carbons (Fsp3) is 0.556. The third-order valence-electron chi connectivity index (χ3n) is 4.81. The zero-order valence-electron chi connectivity index (χ0n) is 19.9. The molecule has 0 amide bonds. The van der Waals surface area contributed by atoms with E-state index in [-0.39, 0.29) is 11.9 Å². The summed E-state index contributed by atoms with van der Waals surface area (Å²) in [6.45, 7) is 11.7. The molecule has 0 aliphatic rings. The summed E-state index contributed by atoms with van der Waals surface area (Å²) in [6, 6.07) is 9.70. The molecule has 1 rings (SSSR count). The van der Waals surface area contributed by atoms with E-state index in [1.807, 2.05) is 30.3 Å². The van der Waals surface area contributed by atoms with Crippen molar-refractivity contribution in [2.75, 3.05) is 13.7 Å². The van der Waals surface area contributed by atoms with Gasteiger partial charge in [-0.15, -0.1) is 0 Å². The lowest BCUT2D eigenvalue weighted by atomic mass is 10.1. The minimum absolute atomic E-state index is 0.258. The Morgan fingerprint density at radius 2 is 1.32 bits per heavy atom. The van der Waals surface area contributed by atoms with Crippen molar-refractivity contribution in [3.8, 4) is 0 Å². The van der Waals surface area contributed by atoms with E-state index in [2.05, 4.69) is 24.8 Å². The third kappa shape index (κ3) is 17.1. The predicted octanol–water partition coefficient (Wildman–Crippen LogP) is 6.98. The van der Waals surface area contributed by atoms with Gasteiger partial charge < -0.3 is 9.47 Å². The van der Waals surface area contributed by atoms with Gasteiger partial charge in [0.25, 0.3) is 0 Å². The van der Waals surface area contributed by atoms with Gasteiger partial charge in [-0.1, -0.05) is 108 Å². The van der Waals surface area contributed by atoms with E-state index >= 15 is 0 Å². The van der Waals surface area contributed by atoms with Crippen molar-refractivity contribution in [3.05, 3.63) is 60.2 Å². The SMILES string of the molecule is C=C(C)C(=O)OCCCCCCCCCCCC.C=C(Cc1ccccc1)C(=O)OC. The van der Waals surface area contributed by atoms with Gasteiger partial charge in [-0.2, -0.15) is 0 Å². The summed E-state index contributed by atoms with van der Waals surface area (Å²) < 4.78 is 9.58. The summed E-state index contributed by atoms with van der Waals surface area (Å²) >= 11 is 0. The van der Waals surface area contributed by atoms with Crippen molar-refractivity contribution in [1.29, 1.82) is 0 Å². The zero-order chi connectivity index (χ0) is 23.3. The van der Waals surface area contributed by atoms with Crippen LogP contribution in [-0.4, -0.2) is 25.7 Å². The maximum atomic E-state index is 11.1. The molecule has 0 aliphatic heterocycles. The van der Waals surface area contributed by atoms with Crippen LogP contribution in [0.5, 0.6) is 0 Å². The molecule has 0 spiro atoms. The molecule has 0 aliphatic carbocycles. The number of rotatable bonds is 15. The Labute approximate surface area is 189 Å². The first-order chi connectivity index (χ1) is 14.9. The number of carbonyl (C=O) groups is 2. The number of methoxy groups -OCH3 is 1. The first kappa shape index (κ1) is 28.6. The van der Waals surface area contributed by atoms with E-state index in [0.717, 1.165) is 12.0 Å². The molecule has 0 saturated carbocycles. The summed E-state index contributed by atoms with van der Waals surface area (Å²) in [5.74, 6) is -0.602. The third-order valence-corrected chi connectivity index (χ3v) is 4.81. The second-order valence-electron chi connectivity index (χ2n) is 7.86. The van der Waals surface area contributed by atoms with E-state index in [9.17, 15) is 9.59 Å². The minimum atomic E-state index is -0.344. The van der Waals surface area contributed by atoms with Crippen molar-refractivity contribution in [1.82, 2.24) is 0 Å². The summed E-state index contributed by atoms with van der Waals surface area (Å²) in [4.78, 5) is 22.1. The highest BCUT2D eigenvalue weighted by atomic mass is 16.5. The first-order valence-corrected chi connectivity index (χ1v) is 11.5. The molecule has 0 bridgehead atoms. The zero-order valence-corrected chi connectivity index (χ0v) is 19.9. The summed E-state index contributed by atoms with van der Waals surface area (Å²) in [5.41, 5.74) is 2.04. The highest BCUT2D eigenvalue weighted by Crippen LogP contribution is 2.10. The lowest BCUT2D eigenvalue weighted by Crippen LogP contribution is -2.05. The van der Waals surface area contributed by atoms with Gasteiger partial charge in [-0.25, -0.2) is 9.59 Å². The van der Waals surface area contributed by atoms with E-state index < -0.39 is 0 Å². The number of carbonyl (C=O) groups excluding carboxylic acids is 2. The van der Waals surface area contributed by atoms with Crippen LogP contribution in [0.4, 0.5) is 0 Å². The van der Waals surface area contributed by atoms with Crippen LogP contribution in [-0.2, 0) is 25.5 Å². The Hall–Kier alpha value is -2.36. The van der Waals surface area contributed by atoms with Crippen LogP contribution in [0, 0.1) is 0 Å². The standard InChI is InChI=1S/C16H30O2.C11H12O2/c1-4-5-6-7-8-9-10-11-12-13-14-18-16(17)15(2)3;1-9(11(12)13-2)8-10-6-4-3-5-7-10/h2,4-14H2,1,3H3;3-7H,1,8H2,2H3. The largest absolute Gasteiger partial charge is 0.466 e. The van der Waals surface area contributed by atoms with Gasteiger partial charge in [-0.3, -0.25) is 0 Å². The van der Waals surface area contributed by atoms with Gasteiger partial charge in [-0.05, 0) is 18.9 Å². The molecule has 174 valence electrons. The molecule has 0 unspecified atom stereocenters. The Balaban J connectivity index is 0.000000609. The Kier molecular flexibility index (Phi) is 18.1. The van der Waals surface area contributed by atoms with Crippen LogP contribution < -0.4 is 0 Å². The maximum absolute atomic E-state index is 11.1. The molecule has 4 heteroatoms. The average Bonchev–Trinajstić information content (AvgIpc) is 2.77. The van der Waals surface area contributed by atoms with Crippen molar-refractivity contribution < 1.29 is 19.1 Å². The van der Waals surface area contributed by atoms with Crippen LogP contribution in [0.15, 0.2) is 54.6 Å². The van der Waals surface area contributed by atoms with E-state index in [4.69, 9.17) is 4.74 Å². The predicted molar refractivity (Wildman–Crippen MR) is 129 cm³/mol. The highest BCUT2D eigenvalue weighted by molar-refractivity contribution is 5.88. The van der Waals surface area contributed by atoms with Gasteiger partial charge in [0.2, 0.25) is 0 Å². The number of ether oxygens (including phenoxy) is 2.